The third-order valence-corrected chi connectivity index (χ3v) is 8.97. The quantitative estimate of drug-likeness (QED) is 0.532. The van der Waals surface area contributed by atoms with E-state index in [1.165, 1.54) is 11.3 Å². The second-order valence-electron chi connectivity index (χ2n) is 10.5. The molecule has 1 aromatic heterocycles. The van der Waals surface area contributed by atoms with E-state index in [-0.39, 0.29) is 17.9 Å². The Morgan fingerprint density at radius 3 is 2.79 bits per heavy atom. The molecule has 1 fully saturated rings. The number of carbonyl (C=O) groups excluding carboxylic acids is 2. The third kappa shape index (κ3) is 5.98. The number of carbonyl (C=O) groups is 2. The van der Waals surface area contributed by atoms with Crippen molar-refractivity contribution in [3.05, 3.63) is 45.5 Å². The highest BCUT2D eigenvalue weighted by Gasteiger charge is 2.37. The topological polar surface area (TPSA) is 74.8 Å². The third-order valence-electron chi connectivity index (χ3n) is 7.90. The van der Waals surface area contributed by atoms with Gasteiger partial charge in [-0.1, -0.05) is 17.4 Å². The minimum atomic E-state index is -2.52. The van der Waals surface area contributed by atoms with Gasteiger partial charge in [-0.25, -0.2) is 18.2 Å². The summed E-state index contributed by atoms with van der Waals surface area (Å²) in [6.07, 6.45) is 1.34. The first-order valence-electron chi connectivity index (χ1n) is 13.2. The van der Waals surface area contributed by atoms with Crippen LogP contribution >= 0.6 is 11.3 Å². The Morgan fingerprint density at radius 2 is 2.03 bits per heavy atom. The molecule has 7 nitrogen and oxygen atoms in total. The molecule has 38 heavy (non-hydrogen) atoms. The molecule has 0 saturated heterocycles. The fourth-order valence-corrected chi connectivity index (χ4v) is 6.59. The first-order chi connectivity index (χ1) is 18.2. The van der Waals surface area contributed by atoms with Gasteiger partial charge in [0.25, 0.3) is 23.4 Å². The Bertz CT molecular complexity index is 1160. The molecule has 5 rings (SSSR count). The van der Waals surface area contributed by atoms with Crippen LogP contribution in [0.3, 0.4) is 0 Å². The van der Waals surface area contributed by atoms with Crippen LogP contribution in [0.2, 0.25) is 0 Å². The molecule has 1 aliphatic carbocycles. The van der Waals surface area contributed by atoms with Crippen molar-refractivity contribution in [2.45, 2.75) is 69.6 Å². The molecule has 0 atom stereocenters. The van der Waals surface area contributed by atoms with Gasteiger partial charge in [0.2, 0.25) is 0 Å². The molecular weight excluding hydrogens is 517 g/mol. The van der Waals surface area contributed by atoms with Gasteiger partial charge in [-0.15, -0.1) is 0 Å². The number of nitrogens with zero attached hydrogens (tertiary/aromatic N) is 3. The maximum absolute atomic E-state index is 15.7. The Labute approximate surface area is 224 Å². The summed E-state index contributed by atoms with van der Waals surface area (Å²) in [5, 5.41) is 3.37. The van der Waals surface area contributed by atoms with Crippen molar-refractivity contribution in [2.24, 2.45) is 0 Å². The second kappa shape index (κ2) is 11.2. The lowest BCUT2D eigenvalue weighted by Gasteiger charge is -2.35. The fourth-order valence-electron chi connectivity index (χ4n) is 5.64. The van der Waals surface area contributed by atoms with Gasteiger partial charge < -0.3 is 19.9 Å². The van der Waals surface area contributed by atoms with Crippen molar-refractivity contribution in [1.82, 2.24) is 20.1 Å². The SMILES string of the molecule is CN1Cc2c(C(=O)NC3CCC(F)(CCN4CCc5nc(OCC(F)F)sc5CC4)CC3)cccc2C1=O. The van der Waals surface area contributed by atoms with Crippen molar-refractivity contribution in [3.63, 3.8) is 0 Å². The predicted octanol–water partition coefficient (Wildman–Crippen LogP) is 4.24. The minimum absolute atomic E-state index is 0.0746. The summed E-state index contributed by atoms with van der Waals surface area (Å²) in [6, 6.07) is 5.14. The molecule has 0 unspecified atom stereocenters. The molecule has 3 heterocycles. The van der Waals surface area contributed by atoms with Crippen LogP contribution < -0.4 is 10.1 Å². The van der Waals surface area contributed by atoms with Crippen LogP contribution in [0, 0.1) is 0 Å². The summed E-state index contributed by atoms with van der Waals surface area (Å²) in [4.78, 5) is 34.5. The Morgan fingerprint density at radius 1 is 1.26 bits per heavy atom. The molecule has 0 radical (unpaired) electrons. The number of aromatic nitrogens is 1. The molecule has 11 heteroatoms. The average molecular weight is 551 g/mol. The summed E-state index contributed by atoms with van der Waals surface area (Å²) in [5.74, 6) is -0.274. The number of fused-ring (bicyclic) bond motifs is 2. The van der Waals surface area contributed by atoms with Gasteiger partial charge in [0.1, 0.15) is 5.67 Å². The Balaban J connectivity index is 1.07. The number of rotatable bonds is 8. The van der Waals surface area contributed by atoms with Crippen molar-refractivity contribution in [3.8, 4) is 5.19 Å². The molecule has 0 spiro atoms. The van der Waals surface area contributed by atoms with Crippen LogP contribution in [0.1, 0.15) is 69.0 Å². The van der Waals surface area contributed by atoms with Crippen molar-refractivity contribution >= 4 is 23.2 Å². The highest BCUT2D eigenvalue weighted by molar-refractivity contribution is 7.13. The van der Waals surface area contributed by atoms with E-state index in [2.05, 4.69) is 15.2 Å². The van der Waals surface area contributed by atoms with Crippen LogP contribution in [0.4, 0.5) is 13.2 Å². The minimum Gasteiger partial charge on any atom is -0.464 e. The van der Waals surface area contributed by atoms with E-state index >= 15 is 4.39 Å². The van der Waals surface area contributed by atoms with E-state index in [9.17, 15) is 18.4 Å². The maximum Gasteiger partial charge on any atom is 0.273 e. The lowest BCUT2D eigenvalue weighted by atomic mass is 9.81. The van der Waals surface area contributed by atoms with E-state index in [1.54, 1.807) is 30.1 Å². The first kappa shape index (κ1) is 26.9. The van der Waals surface area contributed by atoms with Crippen LogP contribution in [0.25, 0.3) is 0 Å². The summed E-state index contributed by atoms with van der Waals surface area (Å²) < 4.78 is 45.5. The van der Waals surface area contributed by atoms with E-state index in [0.717, 1.165) is 35.6 Å². The zero-order valence-electron chi connectivity index (χ0n) is 21.5. The van der Waals surface area contributed by atoms with Crippen molar-refractivity contribution < 1.29 is 27.5 Å². The molecule has 1 aromatic carbocycles. The molecule has 1 saturated carbocycles. The number of hydrogen-bond acceptors (Lipinski definition) is 6. The number of halogens is 3. The number of benzene rings is 1. The molecule has 2 aliphatic heterocycles. The average Bonchev–Trinajstić information content (AvgIpc) is 3.36. The molecule has 3 aliphatic rings. The lowest BCUT2D eigenvalue weighted by Crippen LogP contribution is -2.43. The van der Waals surface area contributed by atoms with Crippen LogP contribution in [0.5, 0.6) is 5.19 Å². The molecule has 2 aromatic rings. The Kier molecular flexibility index (Phi) is 7.95. The van der Waals surface area contributed by atoms with Crippen LogP contribution in [-0.4, -0.2) is 78.0 Å². The van der Waals surface area contributed by atoms with E-state index in [0.29, 0.717) is 67.9 Å². The highest BCUT2D eigenvalue weighted by atomic mass is 32.1. The van der Waals surface area contributed by atoms with Gasteiger partial charge >= 0.3 is 0 Å². The normalized spacial score (nSPS) is 23.8. The smallest absolute Gasteiger partial charge is 0.273 e. The Hall–Kier alpha value is -2.66. The fraction of sp³-hybridized carbons (Fsp3) is 0.593. The van der Waals surface area contributed by atoms with Gasteiger partial charge in [-0.05, 0) is 56.2 Å². The van der Waals surface area contributed by atoms with Gasteiger partial charge in [0, 0.05) is 61.7 Å². The molecule has 1 N–H and O–H groups in total. The van der Waals surface area contributed by atoms with Crippen LogP contribution in [0.15, 0.2) is 18.2 Å². The van der Waals surface area contributed by atoms with E-state index < -0.39 is 18.7 Å². The molecule has 2 amide bonds. The maximum atomic E-state index is 15.7. The number of thiazole rings is 1. The molecule has 0 bridgehead atoms. The van der Waals surface area contributed by atoms with Gasteiger partial charge in [0.05, 0.1) is 5.69 Å². The van der Waals surface area contributed by atoms with Gasteiger partial charge in [0.15, 0.2) is 6.61 Å². The summed E-state index contributed by atoms with van der Waals surface area (Å²) in [5.41, 5.74) is 1.50. The highest BCUT2D eigenvalue weighted by Crippen LogP contribution is 2.36. The van der Waals surface area contributed by atoms with Crippen molar-refractivity contribution in [2.75, 3.05) is 33.3 Å². The summed E-state index contributed by atoms with van der Waals surface area (Å²) in [7, 11) is 1.72. The summed E-state index contributed by atoms with van der Waals surface area (Å²) in [6.45, 7) is 1.95. The van der Waals surface area contributed by atoms with Gasteiger partial charge in [-0.3, -0.25) is 9.59 Å². The molecule has 206 valence electrons. The summed E-state index contributed by atoms with van der Waals surface area (Å²) >= 11 is 1.33. The zero-order chi connectivity index (χ0) is 26.9. The predicted molar refractivity (Wildman–Crippen MR) is 138 cm³/mol. The number of nitrogens with one attached hydrogen (secondary N) is 1. The zero-order valence-corrected chi connectivity index (χ0v) is 22.3. The standard InChI is InChI=1S/C27H33F3N4O3S/c1-33-15-20-18(3-2-4-19(20)25(33)36)24(35)31-17-5-9-27(30,10-6-17)11-14-34-12-7-21-22(8-13-34)38-26(32-21)37-16-23(28)29/h2-4,17,23H,5-16H2,1H3,(H,31,35). The first-order valence-corrected chi connectivity index (χ1v) is 14.0. The van der Waals surface area contributed by atoms with Crippen LogP contribution in [-0.2, 0) is 19.4 Å². The number of ether oxygens (including phenoxy) is 1. The second-order valence-corrected chi connectivity index (χ2v) is 11.6. The largest absolute Gasteiger partial charge is 0.464 e. The lowest BCUT2D eigenvalue weighted by molar-refractivity contribution is 0.0644. The number of hydrogen-bond donors (Lipinski definition) is 1. The van der Waals surface area contributed by atoms with E-state index in [4.69, 9.17) is 4.74 Å². The van der Waals surface area contributed by atoms with Gasteiger partial charge in [-0.2, -0.15) is 0 Å². The monoisotopic (exact) mass is 550 g/mol. The van der Waals surface area contributed by atoms with E-state index in [1.807, 2.05) is 0 Å². The van der Waals surface area contributed by atoms with Crippen molar-refractivity contribution in [1.29, 1.82) is 0 Å². The number of alkyl halides is 3. The molecular formula is C27H33F3N4O3S. The number of amides is 2.